The van der Waals surface area contributed by atoms with Gasteiger partial charge in [-0.05, 0) is 19.9 Å². The molecule has 17 heavy (non-hydrogen) atoms. The number of ether oxygens (including phenoxy) is 1. The third kappa shape index (κ3) is 3.60. The molecule has 7 heteroatoms. The summed E-state index contributed by atoms with van der Waals surface area (Å²) < 4.78 is 30.5. The van der Waals surface area contributed by atoms with Crippen molar-refractivity contribution in [3.05, 3.63) is 18.3 Å². The second kappa shape index (κ2) is 5.50. The lowest BCUT2D eigenvalue weighted by molar-refractivity contribution is 0.327. The van der Waals surface area contributed by atoms with Crippen LogP contribution in [0.15, 0.2) is 18.3 Å². The minimum absolute atomic E-state index is 0.301. The molecule has 0 radical (unpaired) electrons. The Hall–Kier alpha value is -1.81. The van der Waals surface area contributed by atoms with Crippen LogP contribution in [0.2, 0.25) is 0 Å². The van der Waals surface area contributed by atoms with Gasteiger partial charge in [0.25, 0.3) is 0 Å². The predicted octanol–water partition coefficient (Wildman–Crippen LogP) is 1.13. The first kappa shape index (κ1) is 13.3. The van der Waals surface area contributed by atoms with Gasteiger partial charge in [-0.3, -0.25) is 4.72 Å². The molecule has 1 rings (SSSR count). The molecule has 1 unspecified atom stereocenters. The number of sulfonamides is 1. The number of aromatic nitrogens is 1. The summed E-state index contributed by atoms with van der Waals surface area (Å²) in [6.45, 7) is 3.63. The fourth-order valence-electron chi connectivity index (χ4n) is 0.996. The van der Waals surface area contributed by atoms with Crippen LogP contribution in [0.25, 0.3) is 0 Å². The zero-order valence-corrected chi connectivity index (χ0v) is 10.4. The highest BCUT2D eigenvalue weighted by Gasteiger charge is 2.19. The second-order valence-electron chi connectivity index (χ2n) is 3.24. The van der Waals surface area contributed by atoms with Crippen molar-refractivity contribution in [3.63, 3.8) is 0 Å². The van der Waals surface area contributed by atoms with Gasteiger partial charge in [-0.2, -0.15) is 5.26 Å². The van der Waals surface area contributed by atoms with Crippen molar-refractivity contribution in [2.45, 2.75) is 19.1 Å². The minimum Gasteiger partial charge on any atom is -0.478 e. The number of pyridine rings is 1. The summed E-state index contributed by atoms with van der Waals surface area (Å²) in [4.78, 5) is 3.91. The SMILES string of the molecule is CCOc1ccc(NS(=O)(=O)C(C)C#N)cn1. The van der Waals surface area contributed by atoms with Gasteiger partial charge < -0.3 is 4.74 Å². The Labute approximate surface area is 100 Å². The standard InChI is InChI=1S/C10H13N3O3S/c1-3-16-10-5-4-9(7-12-10)13-17(14,15)8(2)6-11/h4-5,7-8,13H,3H2,1-2H3. The zero-order valence-electron chi connectivity index (χ0n) is 9.54. The van der Waals surface area contributed by atoms with Gasteiger partial charge in [0.05, 0.1) is 24.6 Å². The molecule has 1 atom stereocenters. The zero-order chi connectivity index (χ0) is 12.9. The van der Waals surface area contributed by atoms with E-state index in [0.29, 0.717) is 18.2 Å². The van der Waals surface area contributed by atoms with Crippen LogP contribution in [0.3, 0.4) is 0 Å². The highest BCUT2D eigenvalue weighted by atomic mass is 32.2. The molecule has 0 saturated carbocycles. The molecule has 1 aromatic rings. The van der Waals surface area contributed by atoms with Crippen LogP contribution in [-0.4, -0.2) is 25.3 Å². The Balaban J connectivity index is 2.80. The maximum atomic E-state index is 11.5. The van der Waals surface area contributed by atoms with Crippen molar-refractivity contribution < 1.29 is 13.2 Å². The molecule has 1 N–H and O–H groups in total. The summed E-state index contributed by atoms with van der Waals surface area (Å²) in [6.07, 6.45) is 1.34. The summed E-state index contributed by atoms with van der Waals surface area (Å²) in [6, 6.07) is 4.74. The van der Waals surface area contributed by atoms with Crippen molar-refractivity contribution >= 4 is 15.7 Å². The first-order valence-corrected chi connectivity index (χ1v) is 6.54. The van der Waals surface area contributed by atoms with Crippen LogP contribution in [0.1, 0.15) is 13.8 Å². The molecule has 0 aliphatic rings. The molecule has 1 aromatic heterocycles. The maximum absolute atomic E-state index is 11.5. The molecule has 0 saturated heterocycles. The Morgan fingerprint density at radius 2 is 2.29 bits per heavy atom. The topological polar surface area (TPSA) is 92.1 Å². The summed E-state index contributed by atoms with van der Waals surface area (Å²) in [5.74, 6) is 0.420. The van der Waals surface area contributed by atoms with Gasteiger partial charge in [0.1, 0.15) is 0 Å². The van der Waals surface area contributed by atoms with E-state index in [1.165, 1.54) is 19.2 Å². The highest BCUT2D eigenvalue weighted by Crippen LogP contribution is 2.14. The Morgan fingerprint density at radius 3 is 2.76 bits per heavy atom. The molecule has 1 heterocycles. The molecule has 0 aliphatic heterocycles. The van der Waals surface area contributed by atoms with Gasteiger partial charge in [0, 0.05) is 6.07 Å². The number of hydrogen-bond donors (Lipinski definition) is 1. The van der Waals surface area contributed by atoms with Crippen LogP contribution in [0, 0.1) is 11.3 Å². The number of rotatable bonds is 5. The van der Waals surface area contributed by atoms with Crippen LogP contribution >= 0.6 is 0 Å². The fourth-order valence-corrected chi connectivity index (χ4v) is 1.76. The lowest BCUT2D eigenvalue weighted by atomic mass is 10.4. The Bertz CT molecular complexity index is 505. The molecule has 0 bridgehead atoms. The van der Waals surface area contributed by atoms with Gasteiger partial charge in [0.2, 0.25) is 15.9 Å². The van der Waals surface area contributed by atoms with E-state index < -0.39 is 15.3 Å². The van der Waals surface area contributed by atoms with E-state index in [-0.39, 0.29) is 0 Å². The average molecular weight is 255 g/mol. The van der Waals surface area contributed by atoms with Crippen molar-refractivity contribution in [2.24, 2.45) is 0 Å². The molecule has 0 aliphatic carbocycles. The highest BCUT2D eigenvalue weighted by molar-refractivity contribution is 7.93. The number of hydrogen-bond acceptors (Lipinski definition) is 5. The normalized spacial score (nSPS) is 12.5. The second-order valence-corrected chi connectivity index (χ2v) is 5.24. The first-order chi connectivity index (χ1) is 7.99. The summed E-state index contributed by atoms with van der Waals surface area (Å²) in [5, 5.41) is 7.44. The Morgan fingerprint density at radius 1 is 1.59 bits per heavy atom. The average Bonchev–Trinajstić information content (AvgIpc) is 2.30. The molecular weight excluding hydrogens is 242 g/mol. The van der Waals surface area contributed by atoms with Crippen molar-refractivity contribution in [1.29, 1.82) is 5.26 Å². The van der Waals surface area contributed by atoms with E-state index in [2.05, 4.69) is 9.71 Å². The summed E-state index contributed by atoms with van der Waals surface area (Å²) in [5.41, 5.74) is 0.301. The predicted molar refractivity (Wildman–Crippen MR) is 63.0 cm³/mol. The third-order valence-electron chi connectivity index (χ3n) is 1.94. The Kier molecular flexibility index (Phi) is 4.29. The maximum Gasteiger partial charge on any atom is 0.248 e. The van der Waals surface area contributed by atoms with Gasteiger partial charge in [-0.1, -0.05) is 0 Å². The fraction of sp³-hybridized carbons (Fsp3) is 0.400. The molecule has 92 valence electrons. The van der Waals surface area contributed by atoms with Crippen molar-refractivity contribution in [3.8, 4) is 11.9 Å². The van der Waals surface area contributed by atoms with Gasteiger partial charge in [-0.25, -0.2) is 13.4 Å². The molecule has 0 fully saturated rings. The first-order valence-electron chi connectivity index (χ1n) is 4.99. The van der Waals surface area contributed by atoms with Gasteiger partial charge >= 0.3 is 0 Å². The molecule has 6 nitrogen and oxygen atoms in total. The summed E-state index contributed by atoms with van der Waals surface area (Å²) >= 11 is 0. The lowest BCUT2D eigenvalue weighted by Crippen LogP contribution is -2.23. The van der Waals surface area contributed by atoms with Crippen molar-refractivity contribution in [1.82, 2.24) is 4.98 Å². The van der Waals surface area contributed by atoms with Crippen LogP contribution in [0.4, 0.5) is 5.69 Å². The molecule has 0 spiro atoms. The number of nitriles is 1. The molecule has 0 aromatic carbocycles. The number of nitrogens with one attached hydrogen (secondary N) is 1. The van der Waals surface area contributed by atoms with E-state index in [1.54, 1.807) is 12.1 Å². The molecule has 0 amide bonds. The number of nitrogens with zero attached hydrogens (tertiary/aromatic N) is 2. The van der Waals surface area contributed by atoms with Crippen LogP contribution in [-0.2, 0) is 10.0 Å². The quantitative estimate of drug-likeness (QED) is 0.851. The van der Waals surface area contributed by atoms with E-state index in [1.807, 2.05) is 6.92 Å². The van der Waals surface area contributed by atoms with Gasteiger partial charge in [0.15, 0.2) is 5.25 Å². The monoisotopic (exact) mass is 255 g/mol. The van der Waals surface area contributed by atoms with E-state index in [4.69, 9.17) is 10.00 Å². The van der Waals surface area contributed by atoms with Crippen molar-refractivity contribution in [2.75, 3.05) is 11.3 Å². The minimum atomic E-state index is -3.68. The van der Waals surface area contributed by atoms with Crippen LogP contribution < -0.4 is 9.46 Å². The largest absolute Gasteiger partial charge is 0.478 e. The smallest absolute Gasteiger partial charge is 0.248 e. The van der Waals surface area contributed by atoms with Crippen LogP contribution in [0.5, 0.6) is 5.88 Å². The number of anilines is 1. The van der Waals surface area contributed by atoms with E-state index in [0.717, 1.165) is 0 Å². The van der Waals surface area contributed by atoms with E-state index >= 15 is 0 Å². The third-order valence-corrected chi connectivity index (χ3v) is 3.49. The van der Waals surface area contributed by atoms with Gasteiger partial charge in [-0.15, -0.1) is 0 Å². The molecular formula is C10H13N3O3S. The lowest BCUT2D eigenvalue weighted by Gasteiger charge is -2.09. The summed E-state index contributed by atoms with van der Waals surface area (Å²) in [7, 11) is -3.68. The van der Waals surface area contributed by atoms with E-state index in [9.17, 15) is 8.42 Å².